The Morgan fingerprint density at radius 2 is 2.04 bits per heavy atom. The van der Waals surface area contributed by atoms with Crippen molar-refractivity contribution in [2.45, 2.75) is 31.6 Å². The van der Waals surface area contributed by atoms with Gasteiger partial charge in [-0.1, -0.05) is 55.1 Å². The van der Waals surface area contributed by atoms with E-state index in [1.807, 2.05) is 44.2 Å². The largest absolute Gasteiger partial charge is 0.484 e. The number of para-hydroxylation sites is 1. The highest BCUT2D eigenvalue weighted by atomic mass is 32.2. The Morgan fingerprint density at radius 1 is 1.23 bits per heavy atom. The summed E-state index contributed by atoms with van der Waals surface area (Å²) < 4.78 is 11.0. The van der Waals surface area contributed by atoms with Crippen LogP contribution in [0.25, 0.3) is 0 Å². The molecule has 2 aromatic heterocycles. The Bertz CT molecular complexity index is 850. The van der Waals surface area contributed by atoms with Crippen LogP contribution in [0.1, 0.15) is 30.7 Å². The maximum Gasteiger partial charge on any atom is 0.277 e. The van der Waals surface area contributed by atoms with Gasteiger partial charge in [-0.15, -0.1) is 20.4 Å². The molecule has 2 heterocycles. The van der Waals surface area contributed by atoms with E-state index in [4.69, 9.17) is 9.15 Å². The smallest absolute Gasteiger partial charge is 0.277 e. The van der Waals surface area contributed by atoms with Gasteiger partial charge in [-0.3, -0.25) is 10.1 Å². The number of aromatic nitrogens is 4. The molecule has 0 spiro atoms. The first-order valence-electron chi connectivity index (χ1n) is 7.86. The van der Waals surface area contributed by atoms with Crippen molar-refractivity contribution in [3.05, 3.63) is 41.2 Å². The number of thioether (sulfide) groups is 1. The molecule has 0 radical (unpaired) electrons. The lowest BCUT2D eigenvalue weighted by molar-refractivity contribution is -0.113. The molecule has 0 saturated carbocycles. The normalized spacial score (nSPS) is 10.9. The third kappa shape index (κ3) is 5.27. The molecule has 0 aliphatic rings. The lowest BCUT2D eigenvalue weighted by Gasteiger charge is -2.01. The molecule has 3 rings (SSSR count). The molecule has 10 heteroatoms. The van der Waals surface area contributed by atoms with E-state index in [1.54, 1.807) is 0 Å². The summed E-state index contributed by atoms with van der Waals surface area (Å²) in [5.74, 6) is 1.28. The first-order chi connectivity index (χ1) is 12.6. The number of amides is 1. The lowest BCUT2D eigenvalue weighted by Crippen LogP contribution is -2.13. The van der Waals surface area contributed by atoms with Crippen LogP contribution in [0.2, 0.25) is 0 Å². The molecule has 0 atom stereocenters. The molecule has 26 heavy (non-hydrogen) atoms. The Labute approximate surface area is 158 Å². The number of nitrogens with one attached hydrogen (secondary N) is 1. The predicted octanol–water partition coefficient (Wildman–Crippen LogP) is 3.35. The number of anilines is 1. The lowest BCUT2D eigenvalue weighted by atomic mass is 10.2. The molecular weight excluding hydrogens is 374 g/mol. The summed E-state index contributed by atoms with van der Waals surface area (Å²) in [6.07, 6.45) is 0. The first-order valence-corrected chi connectivity index (χ1v) is 9.66. The summed E-state index contributed by atoms with van der Waals surface area (Å²) in [6, 6.07) is 9.35. The van der Waals surface area contributed by atoms with Gasteiger partial charge in [0.2, 0.25) is 11.0 Å². The molecule has 3 aromatic rings. The van der Waals surface area contributed by atoms with Crippen LogP contribution in [0.3, 0.4) is 0 Å². The standard InChI is InChI=1S/C16H17N5O3S2/c1-10(2)14-19-20-15(26-14)17-12(22)9-25-16-21-18-13(24-16)8-23-11-6-4-3-5-7-11/h3-7,10H,8-9H2,1-2H3,(H,17,20,22). The van der Waals surface area contributed by atoms with Crippen molar-refractivity contribution in [3.8, 4) is 5.75 Å². The molecule has 8 nitrogen and oxygen atoms in total. The number of hydrogen-bond donors (Lipinski definition) is 1. The van der Waals surface area contributed by atoms with Crippen LogP contribution >= 0.6 is 23.1 Å². The average molecular weight is 391 g/mol. The number of rotatable bonds is 8. The minimum atomic E-state index is -0.207. The third-order valence-electron chi connectivity index (χ3n) is 3.06. The summed E-state index contributed by atoms with van der Waals surface area (Å²) in [5.41, 5.74) is 0. The molecule has 1 amide bonds. The van der Waals surface area contributed by atoms with Gasteiger partial charge in [-0.05, 0) is 12.1 Å². The van der Waals surface area contributed by atoms with Crippen LogP contribution in [0.5, 0.6) is 5.75 Å². The Balaban J connectivity index is 1.44. The van der Waals surface area contributed by atoms with Gasteiger partial charge < -0.3 is 9.15 Å². The maximum absolute atomic E-state index is 12.0. The van der Waals surface area contributed by atoms with E-state index in [0.717, 1.165) is 22.5 Å². The van der Waals surface area contributed by atoms with Crippen LogP contribution in [0.15, 0.2) is 40.0 Å². The Morgan fingerprint density at radius 3 is 2.77 bits per heavy atom. The minimum Gasteiger partial charge on any atom is -0.484 e. The van der Waals surface area contributed by atoms with E-state index in [0.29, 0.717) is 16.2 Å². The molecule has 0 saturated heterocycles. The molecule has 0 aliphatic carbocycles. The van der Waals surface area contributed by atoms with E-state index >= 15 is 0 Å². The molecule has 0 aliphatic heterocycles. The van der Waals surface area contributed by atoms with Crippen molar-refractivity contribution < 1.29 is 13.9 Å². The van der Waals surface area contributed by atoms with E-state index in [1.165, 1.54) is 11.3 Å². The van der Waals surface area contributed by atoms with E-state index < -0.39 is 0 Å². The zero-order valence-corrected chi connectivity index (χ0v) is 15.8. The molecule has 0 unspecified atom stereocenters. The van der Waals surface area contributed by atoms with Crippen LogP contribution < -0.4 is 10.1 Å². The van der Waals surface area contributed by atoms with Gasteiger partial charge in [0.15, 0.2) is 6.61 Å². The van der Waals surface area contributed by atoms with Crippen LogP contribution in [0.4, 0.5) is 5.13 Å². The molecule has 1 N–H and O–H groups in total. The van der Waals surface area contributed by atoms with Gasteiger partial charge in [0.1, 0.15) is 10.8 Å². The highest BCUT2D eigenvalue weighted by Gasteiger charge is 2.13. The van der Waals surface area contributed by atoms with Crippen molar-refractivity contribution in [1.82, 2.24) is 20.4 Å². The van der Waals surface area contributed by atoms with Crippen molar-refractivity contribution in [1.29, 1.82) is 0 Å². The summed E-state index contributed by atoms with van der Waals surface area (Å²) in [5, 5.41) is 20.2. The zero-order valence-electron chi connectivity index (χ0n) is 14.2. The van der Waals surface area contributed by atoms with Gasteiger partial charge in [-0.2, -0.15) is 0 Å². The molecule has 0 bridgehead atoms. The van der Waals surface area contributed by atoms with E-state index in [9.17, 15) is 4.79 Å². The topological polar surface area (TPSA) is 103 Å². The average Bonchev–Trinajstić information content (AvgIpc) is 3.28. The van der Waals surface area contributed by atoms with Gasteiger partial charge >= 0.3 is 0 Å². The van der Waals surface area contributed by atoms with Gasteiger partial charge in [-0.25, -0.2) is 0 Å². The fourth-order valence-corrected chi connectivity index (χ4v) is 3.16. The summed E-state index contributed by atoms with van der Waals surface area (Å²) in [7, 11) is 0. The van der Waals surface area contributed by atoms with E-state index in [-0.39, 0.29) is 24.2 Å². The van der Waals surface area contributed by atoms with Crippen LogP contribution in [-0.4, -0.2) is 32.1 Å². The zero-order chi connectivity index (χ0) is 18.4. The van der Waals surface area contributed by atoms with Crippen molar-refractivity contribution >= 4 is 34.1 Å². The summed E-state index contributed by atoms with van der Waals surface area (Å²) in [6.45, 7) is 4.22. The van der Waals surface area contributed by atoms with Crippen LogP contribution in [-0.2, 0) is 11.4 Å². The van der Waals surface area contributed by atoms with E-state index in [2.05, 4.69) is 25.7 Å². The Hall–Kier alpha value is -2.46. The molecule has 136 valence electrons. The number of ether oxygens (including phenoxy) is 1. The summed E-state index contributed by atoms with van der Waals surface area (Å²) in [4.78, 5) is 12.0. The fourth-order valence-electron chi connectivity index (χ4n) is 1.82. The van der Waals surface area contributed by atoms with Gasteiger partial charge in [0, 0.05) is 5.92 Å². The highest BCUT2D eigenvalue weighted by molar-refractivity contribution is 7.99. The SMILES string of the molecule is CC(C)c1nnc(NC(=O)CSc2nnc(COc3ccccc3)o2)s1. The number of carbonyl (C=O) groups is 1. The second-order valence-electron chi connectivity index (χ2n) is 5.50. The maximum atomic E-state index is 12.0. The number of carbonyl (C=O) groups excluding carboxylic acids is 1. The molecule has 0 fully saturated rings. The van der Waals surface area contributed by atoms with Gasteiger partial charge in [0.25, 0.3) is 11.1 Å². The van der Waals surface area contributed by atoms with Crippen molar-refractivity contribution in [2.24, 2.45) is 0 Å². The predicted molar refractivity (Wildman–Crippen MR) is 98.4 cm³/mol. The quantitative estimate of drug-likeness (QED) is 0.583. The third-order valence-corrected chi connectivity index (χ3v) is 5.02. The molecular formula is C16H17N5O3S2. The minimum absolute atomic E-state index is 0.137. The second kappa shape index (κ2) is 8.77. The van der Waals surface area contributed by atoms with Crippen molar-refractivity contribution in [2.75, 3.05) is 11.1 Å². The van der Waals surface area contributed by atoms with Crippen molar-refractivity contribution in [3.63, 3.8) is 0 Å². The fraction of sp³-hybridized carbons (Fsp3) is 0.312. The monoisotopic (exact) mass is 391 g/mol. The number of hydrogen-bond acceptors (Lipinski definition) is 9. The first kappa shape index (κ1) is 18.3. The molecule has 1 aromatic carbocycles. The second-order valence-corrected chi connectivity index (χ2v) is 7.44. The van der Waals surface area contributed by atoms with Crippen LogP contribution in [0, 0.1) is 0 Å². The Kier molecular flexibility index (Phi) is 6.18. The number of benzene rings is 1. The van der Waals surface area contributed by atoms with Gasteiger partial charge in [0.05, 0.1) is 5.75 Å². The highest BCUT2D eigenvalue weighted by Crippen LogP contribution is 2.23. The summed E-state index contributed by atoms with van der Waals surface area (Å²) >= 11 is 2.52. The number of nitrogens with zero attached hydrogens (tertiary/aromatic N) is 4.